The lowest BCUT2D eigenvalue weighted by Gasteiger charge is -2.39. The van der Waals surface area contributed by atoms with Crippen molar-refractivity contribution in [3.63, 3.8) is 0 Å². The molecule has 1 aromatic carbocycles. The molecular weight excluding hydrogens is 458 g/mol. The number of piperazine rings is 1. The zero-order valence-electron chi connectivity index (χ0n) is 20.1. The minimum absolute atomic E-state index is 0.0589. The molecule has 2 fully saturated rings. The Balaban J connectivity index is 1.43. The van der Waals surface area contributed by atoms with Gasteiger partial charge in [-0.3, -0.25) is 9.69 Å². The van der Waals surface area contributed by atoms with Crippen molar-refractivity contribution in [2.24, 2.45) is 0 Å². The third-order valence-electron chi connectivity index (χ3n) is 6.44. The summed E-state index contributed by atoms with van der Waals surface area (Å²) in [6.45, 7) is 11.3. The molecule has 0 radical (unpaired) electrons. The van der Waals surface area contributed by atoms with E-state index in [0.29, 0.717) is 42.7 Å². The van der Waals surface area contributed by atoms with Crippen LogP contribution < -0.4 is 5.32 Å². The molecule has 3 heterocycles. The van der Waals surface area contributed by atoms with Crippen LogP contribution in [0.2, 0.25) is 5.02 Å². The first-order chi connectivity index (χ1) is 16.2. The molecule has 0 saturated carbocycles. The van der Waals surface area contributed by atoms with Crippen molar-refractivity contribution in [2.75, 3.05) is 26.2 Å². The molecule has 2 aliphatic rings. The lowest BCUT2D eigenvalue weighted by Crippen LogP contribution is -2.54. The number of amides is 2. The highest BCUT2D eigenvalue weighted by molar-refractivity contribution is 6.30. The quantitative estimate of drug-likeness (QED) is 0.664. The zero-order valence-corrected chi connectivity index (χ0v) is 20.9. The van der Waals surface area contributed by atoms with Crippen LogP contribution in [0.4, 0.5) is 4.79 Å². The molecule has 0 spiro atoms. The van der Waals surface area contributed by atoms with E-state index >= 15 is 0 Å². The number of nitrogens with zero attached hydrogens (tertiary/aromatic N) is 4. The smallest absolute Gasteiger partial charge is 0.410 e. The Morgan fingerprint density at radius 2 is 2.06 bits per heavy atom. The molecule has 34 heavy (non-hydrogen) atoms. The van der Waals surface area contributed by atoms with Crippen molar-refractivity contribution in [3.05, 3.63) is 45.6 Å². The summed E-state index contributed by atoms with van der Waals surface area (Å²) in [6.07, 6.45) is 0.737. The van der Waals surface area contributed by atoms with Crippen molar-refractivity contribution in [1.29, 1.82) is 0 Å². The van der Waals surface area contributed by atoms with Gasteiger partial charge in [-0.2, -0.15) is 0 Å². The van der Waals surface area contributed by atoms with E-state index in [-0.39, 0.29) is 30.1 Å². The first-order valence-corrected chi connectivity index (χ1v) is 12.2. The predicted molar refractivity (Wildman–Crippen MR) is 127 cm³/mol. The monoisotopic (exact) mass is 489 g/mol. The first-order valence-electron chi connectivity index (χ1n) is 11.8. The minimum Gasteiger partial charge on any atom is -0.447 e. The standard InChI is InChI=1S/C24H32ClN5O4/c1-14(2)33-24(32)30-8-7-29(12-15(30)3)13-18-10-19(25)9-17(16(18)4)11-21-27-28-23(34-21)20-5-6-26-22(20)31/h9-10,14-15,20H,5-8,11-13H2,1-4H3,(H,26,31)/t15-,20?/m0/s1. The second kappa shape index (κ2) is 10.3. The van der Waals surface area contributed by atoms with Gasteiger partial charge in [0.25, 0.3) is 0 Å². The van der Waals surface area contributed by atoms with Crippen molar-refractivity contribution >= 4 is 23.6 Å². The SMILES string of the molecule is Cc1c(Cc2nnc(C3CCNC3=O)o2)cc(Cl)cc1CN1CCN(C(=O)OC(C)C)[C@@H](C)C1. The third-order valence-corrected chi connectivity index (χ3v) is 6.65. The van der Waals surface area contributed by atoms with Crippen LogP contribution in [0.25, 0.3) is 0 Å². The van der Waals surface area contributed by atoms with E-state index in [0.717, 1.165) is 36.3 Å². The maximum Gasteiger partial charge on any atom is 0.410 e. The number of nitrogens with one attached hydrogen (secondary N) is 1. The number of hydrogen-bond acceptors (Lipinski definition) is 7. The topological polar surface area (TPSA) is 101 Å². The molecule has 184 valence electrons. The molecule has 2 amide bonds. The summed E-state index contributed by atoms with van der Waals surface area (Å²) in [5, 5.41) is 11.7. The van der Waals surface area contributed by atoms with Gasteiger partial charge < -0.3 is 19.4 Å². The molecule has 2 saturated heterocycles. The van der Waals surface area contributed by atoms with E-state index in [2.05, 4.69) is 27.3 Å². The Bertz CT molecular complexity index is 1060. The Kier molecular flexibility index (Phi) is 7.42. The Morgan fingerprint density at radius 3 is 2.74 bits per heavy atom. The van der Waals surface area contributed by atoms with Gasteiger partial charge in [-0.05, 0) is 62.9 Å². The predicted octanol–water partition coefficient (Wildman–Crippen LogP) is 3.28. The van der Waals surface area contributed by atoms with Crippen LogP contribution >= 0.6 is 11.6 Å². The Hall–Kier alpha value is -2.65. The fourth-order valence-corrected chi connectivity index (χ4v) is 4.84. The van der Waals surface area contributed by atoms with Crippen molar-refractivity contribution in [1.82, 2.24) is 25.3 Å². The van der Waals surface area contributed by atoms with Crippen LogP contribution in [0.15, 0.2) is 16.5 Å². The van der Waals surface area contributed by atoms with Gasteiger partial charge in [0.1, 0.15) is 5.92 Å². The molecule has 9 nitrogen and oxygen atoms in total. The molecular formula is C24H32ClN5O4. The highest BCUT2D eigenvalue weighted by Gasteiger charge is 2.31. The molecule has 1 N–H and O–H groups in total. The van der Waals surface area contributed by atoms with E-state index in [9.17, 15) is 9.59 Å². The number of carbonyl (C=O) groups is 2. The second-order valence-corrected chi connectivity index (χ2v) is 9.84. The summed E-state index contributed by atoms with van der Waals surface area (Å²) >= 11 is 6.47. The zero-order chi connectivity index (χ0) is 24.4. The largest absolute Gasteiger partial charge is 0.447 e. The molecule has 0 aliphatic carbocycles. The first kappa shape index (κ1) is 24.5. The van der Waals surface area contributed by atoms with E-state index < -0.39 is 0 Å². The molecule has 1 aromatic heterocycles. The fourth-order valence-electron chi connectivity index (χ4n) is 4.57. The molecule has 0 bridgehead atoms. The summed E-state index contributed by atoms with van der Waals surface area (Å²) in [4.78, 5) is 28.4. The second-order valence-electron chi connectivity index (χ2n) is 9.40. The van der Waals surface area contributed by atoms with Crippen LogP contribution in [0.5, 0.6) is 0 Å². The van der Waals surface area contributed by atoms with E-state index in [4.69, 9.17) is 20.8 Å². The Labute approximate surface area is 204 Å². The summed E-state index contributed by atoms with van der Waals surface area (Å²) in [7, 11) is 0. The van der Waals surface area contributed by atoms with Gasteiger partial charge in [-0.25, -0.2) is 4.79 Å². The lowest BCUT2D eigenvalue weighted by molar-refractivity contribution is -0.120. The van der Waals surface area contributed by atoms with Crippen LogP contribution in [-0.4, -0.2) is 70.3 Å². The lowest BCUT2D eigenvalue weighted by atomic mass is 9.99. The van der Waals surface area contributed by atoms with E-state index in [1.54, 1.807) is 4.90 Å². The summed E-state index contributed by atoms with van der Waals surface area (Å²) < 4.78 is 11.2. The maximum atomic E-state index is 12.3. The van der Waals surface area contributed by atoms with Gasteiger partial charge >= 0.3 is 6.09 Å². The number of hydrogen-bond donors (Lipinski definition) is 1. The summed E-state index contributed by atoms with van der Waals surface area (Å²) in [5.41, 5.74) is 3.26. The average molecular weight is 490 g/mol. The highest BCUT2D eigenvalue weighted by atomic mass is 35.5. The van der Waals surface area contributed by atoms with Gasteiger partial charge in [0.05, 0.1) is 12.5 Å². The van der Waals surface area contributed by atoms with Gasteiger partial charge in [-0.1, -0.05) is 11.6 Å². The van der Waals surface area contributed by atoms with E-state index in [1.165, 1.54) is 0 Å². The van der Waals surface area contributed by atoms with Crippen molar-refractivity contribution in [2.45, 2.75) is 65.1 Å². The number of rotatable bonds is 6. The number of carbonyl (C=O) groups excluding carboxylic acids is 2. The molecule has 10 heteroatoms. The van der Waals surface area contributed by atoms with Crippen LogP contribution in [-0.2, 0) is 22.5 Å². The summed E-state index contributed by atoms with van der Waals surface area (Å²) in [5.74, 6) is 0.406. The van der Waals surface area contributed by atoms with Gasteiger partial charge in [0, 0.05) is 43.8 Å². The molecule has 2 aliphatic heterocycles. The molecule has 4 rings (SSSR count). The van der Waals surface area contributed by atoms with Crippen molar-refractivity contribution in [3.8, 4) is 0 Å². The molecule has 2 aromatic rings. The minimum atomic E-state index is -0.365. The summed E-state index contributed by atoms with van der Waals surface area (Å²) in [6, 6.07) is 3.98. The van der Waals surface area contributed by atoms with Crippen LogP contribution in [0, 0.1) is 6.92 Å². The van der Waals surface area contributed by atoms with Crippen LogP contribution in [0.3, 0.4) is 0 Å². The number of aromatic nitrogens is 2. The van der Waals surface area contributed by atoms with Crippen molar-refractivity contribution < 1.29 is 18.7 Å². The van der Waals surface area contributed by atoms with E-state index in [1.807, 2.05) is 32.9 Å². The Morgan fingerprint density at radius 1 is 1.29 bits per heavy atom. The van der Waals surface area contributed by atoms with Gasteiger partial charge in [-0.15, -0.1) is 10.2 Å². The average Bonchev–Trinajstić information content (AvgIpc) is 3.39. The third kappa shape index (κ3) is 5.52. The number of ether oxygens (including phenoxy) is 1. The molecule has 2 atom stereocenters. The maximum absolute atomic E-state index is 12.3. The fraction of sp³-hybridized carbons (Fsp3) is 0.583. The molecule has 1 unspecified atom stereocenters. The number of benzene rings is 1. The highest BCUT2D eigenvalue weighted by Crippen LogP contribution is 2.27. The number of halogens is 1. The van der Waals surface area contributed by atoms with Gasteiger partial charge in [0.15, 0.2) is 0 Å². The van der Waals surface area contributed by atoms with Crippen LogP contribution in [0.1, 0.15) is 61.6 Å². The van der Waals surface area contributed by atoms with Gasteiger partial charge in [0.2, 0.25) is 17.7 Å². The normalized spacial score (nSPS) is 21.2.